The van der Waals surface area contributed by atoms with Gasteiger partial charge in [-0.15, -0.1) is 11.8 Å². The molecule has 154 valence electrons. The zero-order chi connectivity index (χ0) is 20.1. The fraction of sp³-hybridized carbons (Fsp3) is 0.526. The Hall–Kier alpha value is -1.37. The number of imide groups is 1. The minimum atomic E-state index is -0.581. The van der Waals surface area contributed by atoms with E-state index < -0.39 is 6.04 Å². The fourth-order valence-corrected chi connectivity index (χ4v) is 6.82. The van der Waals surface area contributed by atoms with Crippen LogP contribution in [-0.2, 0) is 16.1 Å². The van der Waals surface area contributed by atoms with Crippen LogP contribution in [0.1, 0.15) is 35.2 Å². The zero-order valence-corrected chi connectivity index (χ0v) is 18.6. The van der Waals surface area contributed by atoms with Gasteiger partial charge >= 0.3 is 0 Å². The quantitative estimate of drug-likeness (QED) is 0.344. The van der Waals surface area contributed by atoms with Gasteiger partial charge in [0.2, 0.25) is 11.8 Å². The average molecular weight is 527 g/mol. The Bertz CT molecular complexity index is 897. The molecule has 0 spiro atoms. The fourth-order valence-electron chi connectivity index (χ4n) is 4.62. The van der Waals surface area contributed by atoms with Crippen LogP contribution in [0.25, 0.3) is 0 Å². The van der Waals surface area contributed by atoms with E-state index in [4.69, 9.17) is 0 Å². The molecule has 1 aromatic rings. The second-order valence-electron chi connectivity index (χ2n) is 7.80. The molecule has 3 amide bonds. The first-order valence-corrected chi connectivity index (χ1v) is 12.0. The smallest absolute Gasteiger partial charge is 0.255 e. The van der Waals surface area contributed by atoms with Crippen molar-refractivity contribution >= 4 is 57.8 Å². The predicted octanol–water partition coefficient (Wildman–Crippen LogP) is 1.02. The Kier molecular flexibility index (Phi) is 5.21. The number of carbonyl (C=O) groups excluding carboxylic acids is 3. The van der Waals surface area contributed by atoms with Gasteiger partial charge < -0.3 is 10.2 Å². The number of halogens is 1. The van der Waals surface area contributed by atoms with Crippen LogP contribution in [0.2, 0.25) is 0 Å². The van der Waals surface area contributed by atoms with Crippen molar-refractivity contribution in [3.63, 3.8) is 0 Å². The molecular formula is C19H22IN5O3S. The number of piperidine rings is 1. The second kappa shape index (κ2) is 7.71. The van der Waals surface area contributed by atoms with Gasteiger partial charge in [-0.25, -0.2) is 0 Å². The predicted molar refractivity (Wildman–Crippen MR) is 118 cm³/mol. The largest absolute Gasteiger partial charge is 0.369 e. The molecule has 4 aliphatic heterocycles. The Morgan fingerprint density at radius 2 is 2.03 bits per heavy atom. The van der Waals surface area contributed by atoms with Gasteiger partial charge in [0.25, 0.3) is 5.91 Å². The van der Waals surface area contributed by atoms with Gasteiger partial charge in [0.15, 0.2) is 0 Å². The second-order valence-corrected chi connectivity index (χ2v) is 10.1. The summed E-state index contributed by atoms with van der Waals surface area (Å²) in [6.45, 7) is 1.17. The van der Waals surface area contributed by atoms with Crippen molar-refractivity contribution in [3.8, 4) is 0 Å². The lowest BCUT2D eigenvalue weighted by Gasteiger charge is -2.36. The van der Waals surface area contributed by atoms with Crippen LogP contribution in [0.3, 0.4) is 0 Å². The highest BCUT2D eigenvalue weighted by atomic mass is 127. The average Bonchev–Trinajstić information content (AvgIpc) is 3.30. The Morgan fingerprint density at radius 1 is 1.17 bits per heavy atom. The number of nitrogens with zero attached hydrogens (tertiary/aromatic N) is 1. The molecule has 0 aliphatic carbocycles. The number of nitrogens with one attached hydrogen (secondary N) is 4. The van der Waals surface area contributed by atoms with E-state index in [0.717, 1.165) is 27.9 Å². The summed E-state index contributed by atoms with van der Waals surface area (Å²) < 4.78 is 1.02. The lowest BCUT2D eigenvalue weighted by Crippen LogP contribution is -2.57. The molecule has 1 aromatic carbocycles. The van der Waals surface area contributed by atoms with E-state index in [1.54, 1.807) is 4.90 Å². The molecule has 4 atom stereocenters. The van der Waals surface area contributed by atoms with Gasteiger partial charge in [0.05, 0.1) is 11.5 Å². The molecule has 8 nitrogen and oxygen atoms in total. The van der Waals surface area contributed by atoms with E-state index in [1.165, 1.54) is 5.75 Å². The molecule has 0 radical (unpaired) electrons. The molecular weight excluding hydrogens is 505 g/mol. The summed E-state index contributed by atoms with van der Waals surface area (Å²) in [5, 5.41) is 13.5. The first kappa shape index (κ1) is 19.6. The molecule has 4 heterocycles. The van der Waals surface area contributed by atoms with Crippen molar-refractivity contribution in [1.82, 2.24) is 20.9 Å². The van der Waals surface area contributed by atoms with Gasteiger partial charge in [0, 0.05) is 40.4 Å². The first-order valence-electron chi connectivity index (χ1n) is 9.84. The highest BCUT2D eigenvalue weighted by Crippen LogP contribution is 2.37. The van der Waals surface area contributed by atoms with Crippen molar-refractivity contribution in [1.29, 1.82) is 0 Å². The van der Waals surface area contributed by atoms with Crippen molar-refractivity contribution in [2.24, 2.45) is 5.92 Å². The van der Waals surface area contributed by atoms with Gasteiger partial charge in [0.1, 0.15) is 6.04 Å². The summed E-state index contributed by atoms with van der Waals surface area (Å²) in [4.78, 5) is 38.2. The van der Waals surface area contributed by atoms with Crippen molar-refractivity contribution in [2.75, 3.05) is 17.7 Å². The minimum Gasteiger partial charge on any atom is -0.369 e. The third-order valence-corrected chi connectivity index (χ3v) is 8.73. The number of hydrogen-bond donors (Lipinski definition) is 4. The zero-order valence-electron chi connectivity index (χ0n) is 15.7. The van der Waals surface area contributed by atoms with Crippen LogP contribution < -0.4 is 21.3 Å². The van der Waals surface area contributed by atoms with Gasteiger partial charge in [-0.05, 0) is 58.9 Å². The lowest BCUT2D eigenvalue weighted by atomic mass is 10.0. The van der Waals surface area contributed by atoms with E-state index in [1.807, 2.05) is 23.9 Å². The summed E-state index contributed by atoms with van der Waals surface area (Å²) in [6, 6.07) is 3.24. The molecule has 3 fully saturated rings. The molecule has 4 aliphatic rings. The Morgan fingerprint density at radius 3 is 2.86 bits per heavy atom. The number of hydrogen-bond acceptors (Lipinski definition) is 7. The van der Waals surface area contributed by atoms with Gasteiger partial charge in [-0.1, -0.05) is 0 Å². The molecule has 0 saturated carbocycles. The SMILES string of the molecule is O=C1CCC(N2Cc3c(ccc(NC4NCNC5SCCC45)c3I)C2=O)C(=O)N1. The van der Waals surface area contributed by atoms with Crippen LogP contribution in [0.15, 0.2) is 12.1 Å². The van der Waals surface area contributed by atoms with E-state index in [-0.39, 0.29) is 30.3 Å². The van der Waals surface area contributed by atoms with E-state index >= 15 is 0 Å². The van der Waals surface area contributed by atoms with Crippen LogP contribution in [0, 0.1) is 9.49 Å². The molecule has 29 heavy (non-hydrogen) atoms. The minimum absolute atomic E-state index is 0.133. The monoisotopic (exact) mass is 527 g/mol. The molecule has 4 unspecified atom stereocenters. The number of fused-ring (bicyclic) bond motifs is 2. The number of amides is 3. The molecule has 0 bridgehead atoms. The molecule has 0 aromatic heterocycles. The van der Waals surface area contributed by atoms with E-state index in [2.05, 4.69) is 43.9 Å². The number of rotatable bonds is 3. The van der Waals surface area contributed by atoms with Crippen LogP contribution in [-0.4, -0.2) is 52.6 Å². The molecule has 5 rings (SSSR count). The number of anilines is 1. The summed E-state index contributed by atoms with van der Waals surface area (Å²) >= 11 is 4.27. The van der Waals surface area contributed by atoms with Gasteiger partial charge in [-0.2, -0.15) is 0 Å². The molecule has 3 saturated heterocycles. The van der Waals surface area contributed by atoms with Crippen molar-refractivity contribution in [2.45, 2.75) is 43.4 Å². The maximum Gasteiger partial charge on any atom is 0.255 e. The third kappa shape index (κ3) is 3.43. The Balaban J connectivity index is 1.36. The van der Waals surface area contributed by atoms with E-state index in [0.29, 0.717) is 29.8 Å². The summed E-state index contributed by atoms with van der Waals surface area (Å²) in [7, 11) is 0. The summed E-state index contributed by atoms with van der Waals surface area (Å²) in [6.07, 6.45) is 2.00. The molecule has 10 heteroatoms. The Labute approximate surface area is 186 Å². The van der Waals surface area contributed by atoms with Crippen LogP contribution in [0.4, 0.5) is 5.69 Å². The van der Waals surface area contributed by atoms with E-state index in [9.17, 15) is 14.4 Å². The van der Waals surface area contributed by atoms with Crippen LogP contribution >= 0.6 is 34.4 Å². The summed E-state index contributed by atoms with van der Waals surface area (Å²) in [5.74, 6) is 0.901. The first-order chi connectivity index (χ1) is 14.0. The highest BCUT2D eigenvalue weighted by molar-refractivity contribution is 14.1. The number of carbonyl (C=O) groups is 3. The topological polar surface area (TPSA) is 103 Å². The summed E-state index contributed by atoms with van der Waals surface area (Å²) in [5.41, 5.74) is 2.62. The third-order valence-electron chi connectivity index (χ3n) is 6.15. The standard InChI is InChI=1S/C19H22IN5O3S/c20-15-11-7-25(13-3-4-14(26)24-17(13)27)19(28)9(11)1-2-12(15)23-16-10-5-6-29-18(10)22-8-21-16/h1-2,10,13,16,18,21-23H,3-8H2,(H,24,26,27). The van der Waals surface area contributed by atoms with Crippen molar-refractivity contribution in [3.05, 3.63) is 26.8 Å². The number of thioether (sulfide) groups is 1. The lowest BCUT2D eigenvalue weighted by molar-refractivity contribution is -0.136. The normalized spacial score (nSPS) is 31.5. The maximum atomic E-state index is 12.9. The highest BCUT2D eigenvalue weighted by Gasteiger charge is 2.41. The number of benzene rings is 1. The van der Waals surface area contributed by atoms with Gasteiger partial charge in [-0.3, -0.25) is 30.3 Å². The molecule has 4 N–H and O–H groups in total. The van der Waals surface area contributed by atoms with Crippen LogP contribution in [0.5, 0.6) is 0 Å². The maximum absolute atomic E-state index is 12.9. The van der Waals surface area contributed by atoms with Crippen molar-refractivity contribution < 1.29 is 14.4 Å².